The van der Waals surface area contributed by atoms with Gasteiger partial charge < -0.3 is 9.73 Å². The van der Waals surface area contributed by atoms with Crippen molar-refractivity contribution in [3.05, 3.63) is 23.7 Å². The van der Waals surface area contributed by atoms with Crippen molar-refractivity contribution in [3.8, 4) is 0 Å². The maximum Gasteiger partial charge on any atom is 0.198 e. The van der Waals surface area contributed by atoms with Crippen LogP contribution >= 0.6 is 0 Å². The van der Waals surface area contributed by atoms with E-state index in [1.165, 1.54) is 6.42 Å². The molecule has 0 aromatic carbocycles. The van der Waals surface area contributed by atoms with E-state index in [9.17, 15) is 4.79 Å². The van der Waals surface area contributed by atoms with Gasteiger partial charge in [-0.3, -0.25) is 4.79 Å². The molecule has 15 heavy (non-hydrogen) atoms. The van der Waals surface area contributed by atoms with E-state index in [0.717, 1.165) is 25.3 Å². The van der Waals surface area contributed by atoms with Gasteiger partial charge in [0, 0.05) is 6.42 Å². The number of hydrogen-bond donors (Lipinski definition) is 1. The van der Waals surface area contributed by atoms with E-state index in [-0.39, 0.29) is 5.78 Å². The standard InChI is InChI=1S/C12H17NO2/c1-9-4-5-12(15-9)11(14)7-10-3-2-6-13-8-10/h4-5,10,13H,2-3,6-8H2,1H3. The molecule has 0 bridgehead atoms. The second-order valence-electron chi connectivity index (χ2n) is 4.25. The lowest BCUT2D eigenvalue weighted by atomic mass is 9.93. The van der Waals surface area contributed by atoms with Gasteiger partial charge in [0.1, 0.15) is 5.76 Å². The SMILES string of the molecule is Cc1ccc(C(=O)CC2CCCNC2)o1. The number of ketones is 1. The number of carbonyl (C=O) groups is 1. The van der Waals surface area contributed by atoms with Gasteiger partial charge in [-0.2, -0.15) is 0 Å². The van der Waals surface area contributed by atoms with Crippen molar-refractivity contribution in [1.29, 1.82) is 0 Å². The zero-order chi connectivity index (χ0) is 10.7. The highest BCUT2D eigenvalue weighted by molar-refractivity contribution is 5.93. The number of furan rings is 1. The van der Waals surface area contributed by atoms with Crippen molar-refractivity contribution in [2.45, 2.75) is 26.2 Å². The predicted octanol–water partition coefficient (Wildman–Crippen LogP) is 2.16. The van der Waals surface area contributed by atoms with E-state index in [0.29, 0.717) is 18.1 Å². The summed E-state index contributed by atoms with van der Waals surface area (Å²) in [6, 6.07) is 3.61. The molecule has 0 saturated carbocycles. The molecule has 0 amide bonds. The van der Waals surface area contributed by atoms with Crippen LogP contribution in [-0.2, 0) is 0 Å². The first-order valence-electron chi connectivity index (χ1n) is 5.56. The Hall–Kier alpha value is -1.09. The van der Waals surface area contributed by atoms with Crippen LogP contribution in [0.15, 0.2) is 16.5 Å². The highest BCUT2D eigenvalue weighted by Crippen LogP contribution is 2.18. The summed E-state index contributed by atoms with van der Waals surface area (Å²) in [6.07, 6.45) is 2.94. The van der Waals surface area contributed by atoms with E-state index < -0.39 is 0 Å². The van der Waals surface area contributed by atoms with Gasteiger partial charge in [0.15, 0.2) is 11.5 Å². The molecule has 1 aromatic rings. The van der Waals surface area contributed by atoms with Crippen LogP contribution in [0.3, 0.4) is 0 Å². The van der Waals surface area contributed by atoms with E-state index >= 15 is 0 Å². The summed E-state index contributed by atoms with van der Waals surface area (Å²) in [5.74, 6) is 1.94. The van der Waals surface area contributed by atoms with Crippen LogP contribution < -0.4 is 5.32 Å². The minimum absolute atomic E-state index is 0.136. The Kier molecular flexibility index (Phi) is 3.21. The van der Waals surface area contributed by atoms with Crippen LogP contribution in [0, 0.1) is 12.8 Å². The topological polar surface area (TPSA) is 42.2 Å². The summed E-state index contributed by atoms with van der Waals surface area (Å²) in [6.45, 7) is 3.91. The minimum Gasteiger partial charge on any atom is -0.458 e. The summed E-state index contributed by atoms with van der Waals surface area (Å²) < 4.78 is 5.32. The number of Topliss-reactive ketones (excluding diaryl/α,β-unsaturated/α-hetero) is 1. The molecule has 0 radical (unpaired) electrons. The Morgan fingerprint density at radius 3 is 3.07 bits per heavy atom. The van der Waals surface area contributed by atoms with E-state index in [1.807, 2.05) is 13.0 Å². The molecule has 1 fully saturated rings. The zero-order valence-electron chi connectivity index (χ0n) is 9.08. The largest absolute Gasteiger partial charge is 0.458 e. The summed E-state index contributed by atoms with van der Waals surface area (Å²) in [7, 11) is 0. The number of rotatable bonds is 3. The second-order valence-corrected chi connectivity index (χ2v) is 4.25. The van der Waals surface area contributed by atoms with Crippen molar-refractivity contribution in [2.75, 3.05) is 13.1 Å². The first-order chi connectivity index (χ1) is 7.25. The molecule has 1 N–H and O–H groups in total. The van der Waals surface area contributed by atoms with Gasteiger partial charge in [-0.1, -0.05) is 0 Å². The summed E-state index contributed by atoms with van der Waals surface area (Å²) in [5, 5.41) is 3.31. The molecule has 1 aliphatic rings. The smallest absolute Gasteiger partial charge is 0.198 e. The van der Waals surface area contributed by atoms with Gasteiger partial charge in [-0.25, -0.2) is 0 Å². The fourth-order valence-electron chi connectivity index (χ4n) is 2.05. The zero-order valence-corrected chi connectivity index (χ0v) is 9.08. The Bertz CT molecular complexity index is 337. The van der Waals surface area contributed by atoms with Crippen LogP contribution in [0.2, 0.25) is 0 Å². The van der Waals surface area contributed by atoms with E-state index in [4.69, 9.17) is 4.42 Å². The van der Waals surface area contributed by atoms with Gasteiger partial charge in [-0.15, -0.1) is 0 Å². The molecular weight excluding hydrogens is 190 g/mol. The Morgan fingerprint density at radius 1 is 1.60 bits per heavy atom. The maximum absolute atomic E-state index is 11.8. The normalized spacial score (nSPS) is 21.5. The van der Waals surface area contributed by atoms with Crippen molar-refractivity contribution in [3.63, 3.8) is 0 Å². The molecule has 0 spiro atoms. The molecule has 1 saturated heterocycles. The molecule has 3 nitrogen and oxygen atoms in total. The third kappa shape index (κ3) is 2.69. The maximum atomic E-state index is 11.8. The summed E-state index contributed by atoms with van der Waals surface area (Å²) in [5.41, 5.74) is 0. The average molecular weight is 207 g/mol. The number of piperidine rings is 1. The average Bonchev–Trinajstić information content (AvgIpc) is 2.66. The molecule has 1 atom stereocenters. The van der Waals surface area contributed by atoms with Gasteiger partial charge in [0.05, 0.1) is 0 Å². The molecule has 82 valence electrons. The van der Waals surface area contributed by atoms with E-state index in [1.54, 1.807) is 6.07 Å². The lowest BCUT2D eigenvalue weighted by Crippen LogP contribution is -2.31. The summed E-state index contributed by atoms with van der Waals surface area (Å²) in [4.78, 5) is 11.8. The van der Waals surface area contributed by atoms with Crippen LogP contribution in [0.4, 0.5) is 0 Å². The highest BCUT2D eigenvalue weighted by Gasteiger charge is 2.19. The van der Waals surface area contributed by atoms with Crippen LogP contribution in [0.5, 0.6) is 0 Å². The van der Waals surface area contributed by atoms with Gasteiger partial charge >= 0.3 is 0 Å². The monoisotopic (exact) mass is 207 g/mol. The lowest BCUT2D eigenvalue weighted by molar-refractivity contribution is 0.0925. The van der Waals surface area contributed by atoms with Crippen molar-refractivity contribution in [1.82, 2.24) is 5.32 Å². The number of hydrogen-bond acceptors (Lipinski definition) is 3. The Labute approximate surface area is 89.9 Å². The fraction of sp³-hybridized carbons (Fsp3) is 0.583. The molecule has 2 heterocycles. The fourth-order valence-corrected chi connectivity index (χ4v) is 2.05. The van der Waals surface area contributed by atoms with Crippen molar-refractivity contribution < 1.29 is 9.21 Å². The highest BCUT2D eigenvalue weighted by atomic mass is 16.3. The molecule has 1 unspecified atom stereocenters. The molecule has 1 aromatic heterocycles. The second kappa shape index (κ2) is 4.62. The molecular formula is C12H17NO2. The number of nitrogens with one attached hydrogen (secondary N) is 1. The van der Waals surface area contributed by atoms with Crippen LogP contribution in [0.25, 0.3) is 0 Å². The molecule has 1 aliphatic heterocycles. The number of aryl methyl sites for hydroxylation is 1. The molecule has 0 aliphatic carbocycles. The predicted molar refractivity (Wildman–Crippen MR) is 58.0 cm³/mol. The molecule has 2 rings (SSSR count). The number of carbonyl (C=O) groups excluding carboxylic acids is 1. The quantitative estimate of drug-likeness (QED) is 0.772. The third-order valence-corrected chi connectivity index (χ3v) is 2.89. The van der Waals surface area contributed by atoms with Gasteiger partial charge in [-0.05, 0) is 50.9 Å². The van der Waals surface area contributed by atoms with Gasteiger partial charge in [0.2, 0.25) is 0 Å². The van der Waals surface area contributed by atoms with E-state index in [2.05, 4.69) is 5.32 Å². The molecule has 3 heteroatoms. The lowest BCUT2D eigenvalue weighted by Gasteiger charge is -2.21. The minimum atomic E-state index is 0.136. The van der Waals surface area contributed by atoms with Crippen LogP contribution in [0.1, 0.15) is 35.6 Å². The third-order valence-electron chi connectivity index (χ3n) is 2.89. The van der Waals surface area contributed by atoms with Crippen LogP contribution in [-0.4, -0.2) is 18.9 Å². The first-order valence-corrected chi connectivity index (χ1v) is 5.56. The van der Waals surface area contributed by atoms with Crippen molar-refractivity contribution in [2.24, 2.45) is 5.92 Å². The summed E-state index contributed by atoms with van der Waals surface area (Å²) >= 11 is 0. The van der Waals surface area contributed by atoms with Gasteiger partial charge in [0.25, 0.3) is 0 Å². The Morgan fingerprint density at radius 2 is 2.47 bits per heavy atom. The Balaban J connectivity index is 1.91. The van der Waals surface area contributed by atoms with Crippen molar-refractivity contribution >= 4 is 5.78 Å². The first kappa shape index (κ1) is 10.4.